The van der Waals surface area contributed by atoms with Crippen molar-refractivity contribution in [3.05, 3.63) is 77.9 Å². The number of aromatic nitrogens is 6. The number of aromatic amines is 1. The van der Waals surface area contributed by atoms with Gasteiger partial charge in [0.05, 0.1) is 22.8 Å². The van der Waals surface area contributed by atoms with Gasteiger partial charge in [0.2, 0.25) is 0 Å². The number of fused-ring (bicyclic) bond motifs is 1. The van der Waals surface area contributed by atoms with Crippen molar-refractivity contribution in [1.29, 1.82) is 0 Å². The average molecular weight is 443 g/mol. The Bertz CT molecular complexity index is 1470. The molecule has 0 bridgehead atoms. The molecule has 5 aromatic rings. The van der Waals surface area contributed by atoms with E-state index in [4.69, 9.17) is 10.7 Å². The highest BCUT2D eigenvalue weighted by Crippen LogP contribution is 2.33. The Morgan fingerprint density at radius 1 is 1.09 bits per heavy atom. The van der Waals surface area contributed by atoms with Crippen LogP contribution in [0.15, 0.2) is 55.0 Å². The lowest BCUT2D eigenvalue weighted by atomic mass is 10.1. The first-order valence-electron chi connectivity index (χ1n) is 10.5. The summed E-state index contributed by atoms with van der Waals surface area (Å²) in [7, 11) is 3.59. The van der Waals surface area contributed by atoms with Crippen LogP contribution >= 0.6 is 0 Å². The maximum atomic E-state index is 14.6. The van der Waals surface area contributed by atoms with Crippen LogP contribution in [-0.2, 0) is 6.42 Å². The molecular weight excluding hydrogens is 419 g/mol. The number of nitrogen functional groups attached to an aromatic ring is 1. The number of aryl methyl sites for hydroxylation is 1. The molecular formula is C24H23FN8. The third-order valence-electron chi connectivity index (χ3n) is 5.51. The highest BCUT2D eigenvalue weighted by Gasteiger charge is 2.20. The van der Waals surface area contributed by atoms with E-state index in [-0.39, 0.29) is 5.82 Å². The summed E-state index contributed by atoms with van der Waals surface area (Å²) in [6.07, 6.45) is 3.72. The lowest BCUT2D eigenvalue weighted by Gasteiger charge is -2.19. The van der Waals surface area contributed by atoms with E-state index in [1.165, 1.54) is 12.4 Å². The lowest BCUT2D eigenvalue weighted by molar-refractivity contribution is 0.624. The van der Waals surface area contributed by atoms with Crippen molar-refractivity contribution in [2.45, 2.75) is 13.3 Å². The second-order valence-corrected chi connectivity index (χ2v) is 8.09. The maximum Gasteiger partial charge on any atom is 0.155 e. The number of anilines is 2. The summed E-state index contributed by atoms with van der Waals surface area (Å²) in [5.74, 6) is 0.329. The minimum atomic E-state index is -0.326. The van der Waals surface area contributed by atoms with Gasteiger partial charge in [-0.05, 0) is 43.3 Å². The monoisotopic (exact) mass is 442 g/mol. The van der Waals surface area contributed by atoms with E-state index in [0.29, 0.717) is 29.2 Å². The minimum Gasteiger partial charge on any atom is -0.398 e. The largest absolute Gasteiger partial charge is 0.398 e. The van der Waals surface area contributed by atoms with Crippen LogP contribution in [0.25, 0.3) is 28.3 Å². The molecule has 1 aromatic carbocycles. The lowest BCUT2D eigenvalue weighted by Crippen LogP contribution is -2.15. The Balaban J connectivity index is 1.66. The topological polar surface area (TPSA) is 101 Å². The van der Waals surface area contributed by atoms with Crippen molar-refractivity contribution < 1.29 is 4.39 Å². The van der Waals surface area contributed by atoms with E-state index >= 15 is 0 Å². The molecule has 9 heteroatoms. The zero-order chi connectivity index (χ0) is 23.1. The normalized spacial score (nSPS) is 11.3. The van der Waals surface area contributed by atoms with Crippen LogP contribution in [0.1, 0.15) is 17.1 Å². The van der Waals surface area contributed by atoms with Crippen molar-refractivity contribution >= 4 is 17.0 Å². The number of hydrogen-bond donors (Lipinski definition) is 2. The third-order valence-corrected chi connectivity index (χ3v) is 5.51. The summed E-state index contributed by atoms with van der Waals surface area (Å²) >= 11 is 0. The predicted octanol–water partition coefficient (Wildman–Crippen LogP) is 3.87. The number of pyridine rings is 2. The molecule has 0 saturated heterocycles. The molecule has 0 saturated carbocycles. The maximum absolute atomic E-state index is 14.6. The molecule has 0 amide bonds. The van der Waals surface area contributed by atoms with Crippen molar-refractivity contribution in [2.24, 2.45) is 0 Å². The molecule has 3 N–H and O–H groups in total. The quantitative estimate of drug-likeness (QED) is 0.401. The fraction of sp³-hybridized carbons (Fsp3) is 0.167. The zero-order valence-corrected chi connectivity index (χ0v) is 18.5. The molecule has 0 atom stereocenters. The molecule has 0 radical (unpaired) electrons. The van der Waals surface area contributed by atoms with Gasteiger partial charge in [0.1, 0.15) is 18.0 Å². The summed E-state index contributed by atoms with van der Waals surface area (Å²) in [5.41, 5.74) is 12.6. The van der Waals surface area contributed by atoms with Crippen LogP contribution in [-0.4, -0.2) is 43.6 Å². The first-order valence-corrected chi connectivity index (χ1v) is 10.5. The van der Waals surface area contributed by atoms with Crippen LogP contribution < -0.4 is 10.6 Å². The molecule has 166 valence electrons. The van der Waals surface area contributed by atoms with E-state index in [0.717, 1.165) is 34.0 Å². The molecule has 4 aromatic heterocycles. The van der Waals surface area contributed by atoms with Gasteiger partial charge in [-0.2, -0.15) is 5.10 Å². The van der Waals surface area contributed by atoms with Gasteiger partial charge in [-0.1, -0.05) is 6.07 Å². The number of benzene rings is 1. The van der Waals surface area contributed by atoms with Gasteiger partial charge in [-0.3, -0.25) is 4.98 Å². The molecule has 5 rings (SSSR count). The molecule has 8 nitrogen and oxygen atoms in total. The van der Waals surface area contributed by atoms with E-state index in [2.05, 4.69) is 20.1 Å². The summed E-state index contributed by atoms with van der Waals surface area (Å²) < 4.78 is 16.3. The van der Waals surface area contributed by atoms with Crippen molar-refractivity contribution in [3.8, 4) is 22.6 Å². The van der Waals surface area contributed by atoms with Crippen molar-refractivity contribution in [3.63, 3.8) is 0 Å². The number of nitrogens with zero attached hydrogens (tertiary/aromatic N) is 6. The SMILES string of the molecule is Cc1cccc(-c2[nH]c(Cc3c(N)ccc(F)c3N(C)C)nc2-c2ccc3ncnn3c2)n1. The van der Waals surface area contributed by atoms with Gasteiger partial charge in [-0.15, -0.1) is 0 Å². The molecule has 0 aliphatic rings. The van der Waals surface area contributed by atoms with Gasteiger partial charge < -0.3 is 15.6 Å². The molecule has 33 heavy (non-hydrogen) atoms. The number of halogens is 1. The van der Waals surface area contributed by atoms with Gasteiger partial charge in [-0.25, -0.2) is 18.9 Å². The van der Waals surface area contributed by atoms with Gasteiger partial charge >= 0.3 is 0 Å². The Hall–Kier alpha value is -4.27. The summed E-state index contributed by atoms with van der Waals surface area (Å²) in [6.45, 7) is 1.94. The second-order valence-electron chi connectivity index (χ2n) is 8.09. The summed E-state index contributed by atoms with van der Waals surface area (Å²) in [6, 6.07) is 12.6. The summed E-state index contributed by atoms with van der Waals surface area (Å²) in [5, 5.41) is 4.24. The standard InChI is InChI=1S/C24H23FN8/c1-14-5-4-6-19(29-14)23-22(15-7-10-21-27-13-28-33(21)12-15)30-20(31-23)11-16-18(26)9-8-17(25)24(16)32(2)3/h4-10,12-13H,11,26H2,1-3H3,(H,30,31). The number of imidazole rings is 1. The predicted molar refractivity (Wildman–Crippen MR) is 126 cm³/mol. The van der Waals surface area contributed by atoms with Crippen molar-refractivity contribution in [1.82, 2.24) is 29.5 Å². The third kappa shape index (κ3) is 3.78. The smallest absolute Gasteiger partial charge is 0.155 e. The van der Waals surface area contributed by atoms with Gasteiger partial charge in [0.25, 0.3) is 0 Å². The first kappa shape index (κ1) is 20.6. The number of H-pyrrole nitrogens is 1. The van der Waals surface area contributed by atoms with Gasteiger partial charge in [0.15, 0.2) is 5.65 Å². The minimum absolute atomic E-state index is 0.326. The van der Waals surface area contributed by atoms with Crippen LogP contribution in [0.5, 0.6) is 0 Å². The number of rotatable bonds is 5. The average Bonchev–Trinajstić information content (AvgIpc) is 3.42. The molecule has 0 spiro atoms. The Labute approximate surface area is 190 Å². The Morgan fingerprint density at radius 2 is 1.94 bits per heavy atom. The van der Waals surface area contributed by atoms with E-state index in [1.807, 2.05) is 43.5 Å². The highest BCUT2D eigenvalue weighted by atomic mass is 19.1. The second kappa shape index (κ2) is 8.01. The highest BCUT2D eigenvalue weighted by molar-refractivity contribution is 5.77. The molecule has 0 aliphatic carbocycles. The van der Waals surface area contributed by atoms with Crippen LogP contribution in [0.2, 0.25) is 0 Å². The Kier molecular flexibility index (Phi) is 5.01. The molecule has 0 fully saturated rings. The molecule has 0 aliphatic heterocycles. The van der Waals surface area contributed by atoms with Gasteiger partial charge in [0, 0.05) is 49.2 Å². The fourth-order valence-electron chi connectivity index (χ4n) is 4.00. The van der Waals surface area contributed by atoms with Crippen LogP contribution in [0, 0.1) is 12.7 Å². The summed E-state index contributed by atoms with van der Waals surface area (Å²) in [4.78, 5) is 18.9. The van der Waals surface area contributed by atoms with Crippen LogP contribution in [0.3, 0.4) is 0 Å². The van der Waals surface area contributed by atoms with E-state index in [9.17, 15) is 4.39 Å². The zero-order valence-electron chi connectivity index (χ0n) is 18.5. The number of hydrogen-bond acceptors (Lipinski definition) is 6. The number of nitrogens with one attached hydrogen (secondary N) is 1. The molecule has 4 heterocycles. The molecule has 0 unspecified atom stereocenters. The fourth-order valence-corrected chi connectivity index (χ4v) is 4.00. The van der Waals surface area contributed by atoms with Crippen molar-refractivity contribution in [2.75, 3.05) is 24.7 Å². The van der Waals surface area contributed by atoms with E-state index < -0.39 is 0 Å². The number of nitrogens with two attached hydrogens (primary N) is 1. The van der Waals surface area contributed by atoms with E-state index in [1.54, 1.807) is 29.6 Å². The van der Waals surface area contributed by atoms with Crippen LogP contribution in [0.4, 0.5) is 15.8 Å². The first-order chi connectivity index (χ1) is 15.9. The Morgan fingerprint density at radius 3 is 2.73 bits per heavy atom.